The molecule has 1 unspecified atom stereocenters. The Morgan fingerprint density at radius 3 is 2.90 bits per heavy atom. The Morgan fingerprint density at radius 2 is 2.25 bits per heavy atom. The van der Waals surface area contributed by atoms with Gasteiger partial charge in [0.05, 0.1) is 11.5 Å². The molecule has 0 aliphatic carbocycles. The summed E-state index contributed by atoms with van der Waals surface area (Å²) in [7, 11) is -3.03. The molecule has 0 spiro atoms. The highest BCUT2D eigenvalue weighted by Gasteiger charge is 2.33. The van der Waals surface area contributed by atoms with Crippen LogP contribution in [0.5, 0.6) is 0 Å². The van der Waals surface area contributed by atoms with E-state index in [1.54, 1.807) is 11.8 Å². The first-order chi connectivity index (χ1) is 9.43. The molecule has 1 fully saturated rings. The molecule has 7 nitrogen and oxygen atoms in total. The van der Waals surface area contributed by atoms with Gasteiger partial charge >= 0.3 is 0 Å². The molecule has 1 aromatic rings. The van der Waals surface area contributed by atoms with Crippen molar-refractivity contribution < 1.29 is 13.2 Å². The molecule has 0 saturated carbocycles. The molecular weight excluding hydrogens is 300 g/mol. The molecule has 1 atom stereocenters. The van der Waals surface area contributed by atoms with Gasteiger partial charge in [-0.15, -0.1) is 10.2 Å². The minimum absolute atomic E-state index is 0.0124. The van der Waals surface area contributed by atoms with Crippen LogP contribution in [0.4, 0.5) is 5.13 Å². The van der Waals surface area contributed by atoms with Crippen LogP contribution in [0.3, 0.4) is 0 Å². The molecule has 0 radical (unpaired) electrons. The lowest BCUT2D eigenvalue weighted by Crippen LogP contribution is -2.49. The van der Waals surface area contributed by atoms with Gasteiger partial charge in [-0.05, 0) is 13.3 Å². The lowest BCUT2D eigenvalue weighted by Gasteiger charge is -2.32. The number of sulfone groups is 1. The van der Waals surface area contributed by atoms with Crippen molar-refractivity contribution in [2.75, 3.05) is 29.9 Å². The smallest absolute Gasteiger partial charge is 0.285 e. The predicted molar refractivity (Wildman–Crippen MR) is 77.8 cm³/mol. The molecule has 1 amide bonds. The van der Waals surface area contributed by atoms with E-state index >= 15 is 0 Å². The van der Waals surface area contributed by atoms with Crippen molar-refractivity contribution >= 4 is 32.2 Å². The van der Waals surface area contributed by atoms with Crippen molar-refractivity contribution in [1.29, 1.82) is 0 Å². The third-order valence-corrected chi connectivity index (χ3v) is 5.73. The van der Waals surface area contributed by atoms with Crippen LogP contribution < -0.4 is 5.32 Å². The summed E-state index contributed by atoms with van der Waals surface area (Å²) in [6, 6.07) is -0.322. The molecule has 1 aromatic heterocycles. The van der Waals surface area contributed by atoms with Gasteiger partial charge in [0.25, 0.3) is 5.91 Å². The Bertz CT molecular complexity index is 584. The van der Waals surface area contributed by atoms with Crippen LogP contribution in [0.15, 0.2) is 0 Å². The van der Waals surface area contributed by atoms with Crippen LogP contribution in [0, 0.1) is 0 Å². The molecule has 1 saturated heterocycles. The van der Waals surface area contributed by atoms with Crippen LogP contribution in [0.25, 0.3) is 0 Å². The van der Waals surface area contributed by atoms with E-state index in [0.29, 0.717) is 10.1 Å². The summed E-state index contributed by atoms with van der Waals surface area (Å²) < 4.78 is 23.0. The maximum Gasteiger partial charge on any atom is 0.285 e. The molecule has 20 heavy (non-hydrogen) atoms. The first kappa shape index (κ1) is 15.2. The summed E-state index contributed by atoms with van der Waals surface area (Å²) in [4.78, 5) is 13.9. The standard InChI is InChI=1S/C11H18N4O3S2/c1-3-4-12-11-14-13-9(19-11)10(16)15-5-6-20(17,18)7-8(15)2/h8H,3-7H2,1-2H3,(H,12,14). The van der Waals surface area contributed by atoms with E-state index in [9.17, 15) is 13.2 Å². The third-order valence-electron chi connectivity index (χ3n) is 3.07. The van der Waals surface area contributed by atoms with Crippen LogP contribution in [0.1, 0.15) is 30.1 Å². The van der Waals surface area contributed by atoms with Crippen molar-refractivity contribution in [2.45, 2.75) is 26.3 Å². The van der Waals surface area contributed by atoms with Gasteiger partial charge in [0.15, 0.2) is 9.84 Å². The number of nitrogens with zero attached hydrogens (tertiary/aromatic N) is 3. The van der Waals surface area contributed by atoms with Gasteiger partial charge in [-0.2, -0.15) is 0 Å². The zero-order valence-corrected chi connectivity index (χ0v) is 13.1. The molecule has 112 valence electrons. The molecule has 0 bridgehead atoms. The lowest BCUT2D eigenvalue weighted by atomic mass is 10.3. The summed E-state index contributed by atoms with van der Waals surface area (Å²) in [6.07, 6.45) is 0.962. The highest BCUT2D eigenvalue weighted by Crippen LogP contribution is 2.20. The fraction of sp³-hybridized carbons (Fsp3) is 0.727. The van der Waals surface area contributed by atoms with Gasteiger partial charge in [0.1, 0.15) is 0 Å². The number of anilines is 1. The zero-order valence-electron chi connectivity index (χ0n) is 11.5. The van der Waals surface area contributed by atoms with E-state index in [1.165, 1.54) is 11.3 Å². The lowest BCUT2D eigenvalue weighted by molar-refractivity contribution is 0.0711. The second kappa shape index (κ2) is 6.04. The molecule has 2 rings (SSSR count). The average Bonchev–Trinajstić information content (AvgIpc) is 2.83. The molecule has 0 aromatic carbocycles. The van der Waals surface area contributed by atoms with Crippen LogP contribution in [0.2, 0.25) is 0 Å². The molecule has 1 aliphatic rings. The average molecular weight is 318 g/mol. The first-order valence-electron chi connectivity index (χ1n) is 6.51. The number of rotatable bonds is 4. The van der Waals surface area contributed by atoms with Crippen molar-refractivity contribution in [3.05, 3.63) is 5.01 Å². The Kier molecular flexibility index (Phi) is 4.59. The highest BCUT2D eigenvalue weighted by atomic mass is 32.2. The maximum atomic E-state index is 12.3. The van der Waals surface area contributed by atoms with Crippen molar-refractivity contribution in [2.24, 2.45) is 0 Å². The Labute approximate surface area is 122 Å². The van der Waals surface area contributed by atoms with Gasteiger partial charge in [0, 0.05) is 19.1 Å². The largest absolute Gasteiger partial charge is 0.360 e. The topological polar surface area (TPSA) is 92.3 Å². The predicted octanol–water partition coefficient (Wildman–Crippen LogP) is 0.619. The van der Waals surface area contributed by atoms with E-state index in [4.69, 9.17) is 0 Å². The normalized spacial score (nSPS) is 21.7. The quantitative estimate of drug-likeness (QED) is 0.875. The third kappa shape index (κ3) is 3.45. The minimum Gasteiger partial charge on any atom is -0.360 e. The number of hydrogen-bond acceptors (Lipinski definition) is 7. The van der Waals surface area contributed by atoms with E-state index in [1.807, 2.05) is 6.92 Å². The van der Waals surface area contributed by atoms with E-state index in [-0.39, 0.29) is 30.0 Å². The Morgan fingerprint density at radius 1 is 1.50 bits per heavy atom. The van der Waals surface area contributed by atoms with Gasteiger partial charge in [0.2, 0.25) is 10.1 Å². The highest BCUT2D eigenvalue weighted by molar-refractivity contribution is 7.91. The molecule has 1 aliphatic heterocycles. The summed E-state index contributed by atoms with van der Waals surface area (Å²) >= 11 is 1.20. The summed E-state index contributed by atoms with van der Waals surface area (Å²) in [5.74, 6) is -0.212. The Balaban J connectivity index is 2.06. The van der Waals surface area contributed by atoms with Crippen molar-refractivity contribution in [1.82, 2.24) is 15.1 Å². The van der Waals surface area contributed by atoms with Crippen LogP contribution in [-0.2, 0) is 9.84 Å². The minimum atomic E-state index is -3.03. The van der Waals surface area contributed by atoms with Crippen molar-refractivity contribution in [3.8, 4) is 0 Å². The first-order valence-corrected chi connectivity index (χ1v) is 9.15. The van der Waals surface area contributed by atoms with Crippen LogP contribution >= 0.6 is 11.3 Å². The summed E-state index contributed by atoms with van der Waals surface area (Å²) in [6.45, 7) is 4.78. The molecule has 9 heteroatoms. The van der Waals surface area contributed by atoms with Gasteiger partial charge in [-0.25, -0.2) is 8.42 Å². The number of amides is 1. The van der Waals surface area contributed by atoms with E-state index in [2.05, 4.69) is 15.5 Å². The van der Waals surface area contributed by atoms with Gasteiger partial charge in [-0.3, -0.25) is 4.79 Å². The van der Waals surface area contributed by atoms with E-state index < -0.39 is 9.84 Å². The fourth-order valence-corrected chi connectivity index (χ4v) is 4.32. The summed E-state index contributed by atoms with van der Waals surface area (Å²) in [5.41, 5.74) is 0. The number of hydrogen-bond donors (Lipinski definition) is 1. The van der Waals surface area contributed by atoms with E-state index in [0.717, 1.165) is 13.0 Å². The van der Waals surface area contributed by atoms with Gasteiger partial charge in [-0.1, -0.05) is 18.3 Å². The molecule has 2 heterocycles. The number of nitrogens with one attached hydrogen (secondary N) is 1. The zero-order chi connectivity index (χ0) is 14.8. The second-order valence-electron chi connectivity index (χ2n) is 4.80. The van der Waals surface area contributed by atoms with Gasteiger partial charge < -0.3 is 10.2 Å². The Hall–Kier alpha value is -1.22. The molecular formula is C11H18N4O3S2. The monoisotopic (exact) mass is 318 g/mol. The summed E-state index contributed by atoms with van der Waals surface area (Å²) in [5, 5.41) is 11.8. The fourth-order valence-electron chi connectivity index (χ4n) is 2.04. The number of carbonyl (C=O) groups excluding carboxylic acids is 1. The number of carbonyl (C=O) groups is 1. The number of aromatic nitrogens is 2. The van der Waals surface area contributed by atoms with Crippen LogP contribution in [-0.4, -0.2) is 60.1 Å². The molecule has 1 N–H and O–H groups in total. The second-order valence-corrected chi connectivity index (χ2v) is 8.01. The SMILES string of the molecule is CCCNc1nnc(C(=O)N2CCS(=O)(=O)CC2C)s1. The van der Waals surface area contributed by atoms with Crippen molar-refractivity contribution in [3.63, 3.8) is 0 Å². The maximum absolute atomic E-state index is 12.3.